The van der Waals surface area contributed by atoms with Crippen LogP contribution >= 0.6 is 39.0 Å². The van der Waals surface area contributed by atoms with Gasteiger partial charge < -0.3 is 5.32 Å². The van der Waals surface area contributed by atoms with Crippen molar-refractivity contribution < 1.29 is 0 Å². The number of benzene rings is 1. The number of anilines is 1. The van der Waals surface area contributed by atoms with E-state index in [1.165, 1.54) is 50.5 Å². The van der Waals surface area contributed by atoms with Crippen molar-refractivity contribution in [1.29, 1.82) is 0 Å². The van der Waals surface area contributed by atoms with Crippen molar-refractivity contribution >= 4 is 44.7 Å². The Hall–Kier alpha value is -0.450. The largest absolute Gasteiger partial charge is 0.380 e. The lowest BCUT2D eigenvalue weighted by Gasteiger charge is -2.10. The van der Waals surface area contributed by atoms with Gasteiger partial charge in [0, 0.05) is 36.6 Å². The Labute approximate surface area is 143 Å². The molecule has 0 bridgehead atoms. The van der Waals surface area contributed by atoms with Crippen molar-refractivity contribution in [3.63, 3.8) is 0 Å². The Morgan fingerprint density at radius 1 is 1.24 bits per heavy atom. The number of aryl methyl sites for hydroxylation is 1. The van der Waals surface area contributed by atoms with Crippen LogP contribution in [0.15, 0.2) is 39.7 Å². The fourth-order valence-corrected chi connectivity index (χ4v) is 5.43. The van der Waals surface area contributed by atoms with Gasteiger partial charge >= 0.3 is 0 Å². The number of thiophene rings is 1. The minimum atomic E-state index is 0.843. The fraction of sp³-hybridized carbons (Fsp3) is 0.412. The maximum absolute atomic E-state index is 3.57. The average Bonchev–Trinajstić information content (AvgIpc) is 3.09. The standard InChI is InChI=1S/C17H20BrNS2/c1-12-17(18)10-16(20-12)11-19-13-6-8-15(9-7-13)21-14-4-2-3-5-14/h6-10,14,19H,2-5,11H2,1H3. The summed E-state index contributed by atoms with van der Waals surface area (Å²) in [5.74, 6) is 0. The second kappa shape index (κ2) is 7.21. The van der Waals surface area contributed by atoms with Crippen molar-refractivity contribution in [3.8, 4) is 0 Å². The van der Waals surface area contributed by atoms with E-state index in [2.05, 4.69) is 58.5 Å². The number of thioether (sulfide) groups is 1. The number of halogens is 1. The molecule has 0 amide bonds. The second-order valence-electron chi connectivity index (χ2n) is 5.52. The van der Waals surface area contributed by atoms with Crippen LogP contribution in [0, 0.1) is 6.92 Å². The molecule has 0 unspecified atom stereocenters. The highest BCUT2D eigenvalue weighted by Gasteiger charge is 2.15. The lowest BCUT2D eigenvalue weighted by molar-refractivity contribution is 0.886. The normalized spacial score (nSPS) is 15.5. The van der Waals surface area contributed by atoms with E-state index in [0.717, 1.165) is 11.8 Å². The summed E-state index contributed by atoms with van der Waals surface area (Å²) in [7, 11) is 0. The third-order valence-electron chi connectivity index (χ3n) is 3.83. The predicted octanol–water partition coefficient (Wildman–Crippen LogP) is 6.47. The highest BCUT2D eigenvalue weighted by molar-refractivity contribution is 9.10. The molecular weight excluding hydrogens is 362 g/mol. The summed E-state index contributed by atoms with van der Waals surface area (Å²) < 4.78 is 1.22. The Morgan fingerprint density at radius 3 is 2.57 bits per heavy atom. The van der Waals surface area contributed by atoms with Gasteiger partial charge in [-0.1, -0.05) is 12.8 Å². The first-order valence-corrected chi connectivity index (χ1v) is 9.95. The highest BCUT2D eigenvalue weighted by Crippen LogP contribution is 2.35. The highest BCUT2D eigenvalue weighted by atomic mass is 79.9. The molecule has 0 atom stereocenters. The molecule has 3 rings (SSSR count). The van der Waals surface area contributed by atoms with Crippen LogP contribution in [-0.4, -0.2) is 5.25 Å². The van der Waals surface area contributed by atoms with E-state index in [4.69, 9.17) is 0 Å². The molecule has 21 heavy (non-hydrogen) atoms. The van der Waals surface area contributed by atoms with Crippen LogP contribution in [-0.2, 0) is 6.54 Å². The first kappa shape index (κ1) is 15.4. The summed E-state index contributed by atoms with van der Waals surface area (Å²) in [6.07, 6.45) is 5.59. The van der Waals surface area contributed by atoms with Gasteiger partial charge in [0.05, 0.1) is 0 Å². The quantitative estimate of drug-likeness (QED) is 0.636. The molecule has 1 nitrogen and oxygen atoms in total. The number of nitrogens with one attached hydrogen (secondary N) is 1. The van der Waals surface area contributed by atoms with Crippen molar-refractivity contribution in [2.45, 2.75) is 49.3 Å². The van der Waals surface area contributed by atoms with Gasteiger partial charge in [0.2, 0.25) is 0 Å². The van der Waals surface area contributed by atoms with Gasteiger partial charge in [0.15, 0.2) is 0 Å². The zero-order valence-corrected chi connectivity index (χ0v) is 15.4. The van der Waals surface area contributed by atoms with E-state index in [0.29, 0.717) is 0 Å². The Morgan fingerprint density at radius 2 is 1.95 bits per heavy atom. The van der Waals surface area contributed by atoms with Crippen LogP contribution in [0.2, 0.25) is 0 Å². The van der Waals surface area contributed by atoms with E-state index < -0.39 is 0 Å². The molecule has 112 valence electrons. The molecule has 0 aliphatic heterocycles. The maximum atomic E-state index is 3.57. The van der Waals surface area contributed by atoms with E-state index >= 15 is 0 Å². The first-order valence-electron chi connectivity index (χ1n) is 7.46. The molecule has 1 fully saturated rings. The molecule has 0 spiro atoms. The minimum Gasteiger partial charge on any atom is -0.380 e. The summed E-state index contributed by atoms with van der Waals surface area (Å²) in [6, 6.07) is 11.1. The number of hydrogen-bond acceptors (Lipinski definition) is 3. The van der Waals surface area contributed by atoms with Crippen LogP contribution in [0.4, 0.5) is 5.69 Å². The van der Waals surface area contributed by atoms with Gasteiger partial charge in [0.25, 0.3) is 0 Å². The van der Waals surface area contributed by atoms with Gasteiger partial charge in [-0.05, 0) is 66.0 Å². The van der Waals surface area contributed by atoms with E-state index in [9.17, 15) is 0 Å². The zero-order valence-electron chi connectivity index (χ0n) is 12.2. The molecule has 1 heterocycles. The molecular formula is C17H20BrNS2. The van der Waals surface area contributed by atoms with Crippen LogP contribution < -0.4 is 5.32 Å². The molecule has 1 aromatic carbocycles. The smallest absolute Gasteiger partial charge is 0.0494 e. The molecule has 0 radical (unpaired) electrons. The number of rotatable bonds is 5. The van der Waals surface area contributed by atoms with E-state index in [1.54, 1.807) is 0 Å². The monoisotopic (exact) mass is 381 g/mol. The third kappa shape index (κ3) is 4.27. The Kier molecular flexibility index (Phi) is 5.30. The lowest BCUT2D eigenvalue weighted by Crippen LogP contribution is -1.97. The Balaban J connectivity index is 1.54. The van der Waals surface area contributed by atoms with Gasteiger partial charge in [0.1, 0.15) is 0 Å². The SMILES string of the molecule is Cc1sc(CNc2ccc(SC3CCCC3)cc2)cc1Br. The van der Waals surface area contributed by atoms with Crippen LogP contribution in [0.5, 0.6) is 0 Å². The van der Waals surface area contributed by atoms with E-state index in [-0.39, 0.29) is 0 Å². The van der Waals surface area contributed by atoms with Gasteiger partial charge in [-0.2, -0.15) is 0 Å². The summed E-state index contributed by atoms with van der Waals surface area (Å²) in [5.41, 5.74) is 1.20. The fourth-order valence-electron chi connectivity index (χ4n) is 2.64. The van der Waals surface area contributed by atoms with Gasteiger partial charge in [-0.3, -0.25) is 0 Å². The van der Waals surface area contributed by atoms with Crippen molar-refractivity contribution in [3.05, 3.63) is 44.6 Å². The van der Waals surface area contributed by atoms with Crippen LogP contribution in [0.25, 0.3) is 0 Å². The average molecular weight is 382 g/mol. The summed E-state index contributed by atoms with van der Waals surface area (Å²) in [6.45, 7) is 3.04. The van der Waals surface area contributed by atoms with Crippen molar-refractivity contribution in [2.24, 2.45) is 0 Å². The van der Waals surface area contributed by atoms with Gasteiger partial charge in [-0.15, -0.1) is 23.1 Å². The van der Waals surface area contributed by atoms with Crippen molar-refractivity contribution in [2.75, 3.05) is 5.32 Å². The third-order valence-corrected chi connectivity index (χ3v) is 7.32. The number of hydrogen-bond donors (Lipinski definition) is 1. The van der Waals surface area contributed by atoms with Gasteiger partial charge in [-0.25, -0.2) is 0 Å². The molecule has 4 heteroatoms. The molecule has 1 aliphatic rings. The van der Waals surface area contributed by atoms with Crippen molar-refractivity contribution in [1.82, 2.24) is 0 Å². The molecule has 1 saturated carbocycles. The maximum Gasteiger partial charge on any atom is 0.0494 e. The summed E-state index contributed by atoms with van der Waals surface area (Å²) >= 11 is 7.47. The van der Waals surface area contributed by atoms with Crippen LogP contribution in [0.3, 0.4) is 0 Å². The lowest BCUT2D eigenvalue weighted by atomic mass is 10.3. The molecule has 1 N–H and O–H groups in total. The topological polar surface area (TPSA) is 12.0 Å². The molecule has 2 aromatic rings. The molecule has 1 aromatic heterocycles. The second-order valence-corrected chi connectivity index (χ2v) is 9.09. The summed E-state index contributed by atoms with van der Waals surface area (Å²) in [5, 5.41) is 4.35. The zero-order chi connectivity index (χ0) is 14.7. The molecule has 1 aliphatic carbocycles. The Bertz CT molecular complexity index is 566. The molecule has 0 saturated heterocycles. The minimum absolute atomic E-state index is 0.843. The predicted molar refractivity (Wildman–Crippen MR) is 98.6 cm³/mol. The summed E-state index contributed by atoms with van der Waals surface area (Å²) in [4.78, 5) is 4.11. The van der Waals surface area contributed by atoms with E-state index in [1.807, 2.05) is 23.1 Å². The first-order chi connectivity index (χ1) is 10.2. The van der Waals surface area contributed by atoms with Crippen LogP contribution in [0.1, 0.15) is 35.4 Å².